The second-order valence-corrected chi connectivity index (χ2v) is 2.36. The quantitative estimate of drug-likeness (QED) is 0.543. The monoisotopic (exact) mass is 141 g/mol. The first-order chi connectivity index (χ1) is 4.79. The minimum absolute atomic E-state index is 0.242. The van der Waals surface area contributed by atoms with E-state index in [1.54, 1.807) is 6.34 Å². The maximum absolute atomic E-state index is 10.3. The molecule has 0 aliphatic carbocycles. The molecular formula is C6H11N3O. The molecule has 4 nitrogen and oxygen atoms in total. The smallest absolute Gasteiger partial charge is 0.217 e. The molecule has 1 unspecified atom stereocenters. The molecule has 0 aromatic carbocycles. The molecule has 0 aromatic rings. The van der Waals surface area contributed by atoms with Crippen molar-refractivity contribution in [2.45, 2.75) is 18.9 Å². The van der Waals surface area contributed by atoms with Crippen LogP contribution in [0.3, 0.4) is 0 Å². The predicted octanol–water partition coefficient (Wildman–Crippen LogP) is -0.748. The van der Waals surface area contributed by atoms with Gasteiger partial charge in [0, 0.05) is 12.5 Å². The van der Waals surface area contributed by atoms with Crippen molar-refractivity contribution in [3.63, 3.8) is 0 Å². The molecule has 0 spiro atoms. The summed E-state index contributed by atoms with van der Waals surface area (Å²) in [6, 6.07) is 0.326. The number of primary amides is 1. The fourth-order valence-corrected chi connectivity index (χ4v) is 0.882. The number of aliphatic imine (C=N–C) groups is 1. The van der Waals surface area contributed by atoms with Crippen LogP contribution in [-0.2, 0) is 4.79 Å². The van der Waals surface area contributed by atoms with Gasteiger partial charge in [0.15, 0.2) is 0 Å². The Labute approximate surface area is 59.5 Å². The minimum atomic E-state index is -0.242. The second-order valence-electron chi connectivity index (χ2n) is 2.36. The highest BCUT2D eigenvalue weighted by Crippen LogP contribution is 1.99. The van der Waals surface area contributed by atoms with Crippen LogP contribution in [0.5, 0.6) is 0 Å². The zero-order valence-corrected chi connectivity index (χ0v) is 5.71. The standard InChI is InChI=1S/C6H11N3O/c7-6(10)2-1-5-3-8-4-9-5/h4-5H,1-3H2,(H2,7,10)(H,8,9). The van der Waals surface area contributed by atoms with Crippen LogP contribution in [0.1, 0.15) is 12.8 Å². The average molecular weight is 141 g/mol. The molecule has 0 fully saturated rings. The maximum Gasteiger partial charge on any atom is 0.217 e. The average Bonchev–Trinajstić information content (AvgIpc) is 2.34. The summed E-state index contributed by atoms with van der Waals surface area (Å²) in [4.78, 5) is 14.3. The third kappa shape index (κ3) is 2.05. The zero-order chi connectivity index (χ0) is 7.40. The van der Waals surface area contributed by atoms with Crippen LogP contribution in [-0.4, -0.2) is 24.8 Å². The Kier molecular flexibility index (Phi) is 2.25. The van der Waals surface area contributed by atoms with Crippen molar-refractivity contribution in [3.05, 3.63) is 0 Å². The third-order valence-electron chi connectivity index (χ3n) is 1.47. The molecule has 1 atom stereocenters. The third-order valence-corrected chi connectivity index (χ3v) is 1.47. The first-order valence-electron chi connectivity index (χ1n) is 3.31. The lowest BCUT2D eigenvalue weighted by atomic mass is 10.1. The number of hydrogen-bond donors (Lipinski definition) is 2. The largest absolute Gasteiger partial charge is 0.372 e. The van der Waals surface area contributed by atoms with Gasteiger partial charge in [-0.3, -0.25) is 9.79 Å². The van der Waals surface area contributed by atoms with Crippen LogP contribution >= 0.6 is 0 Å². The van der Waals surface area contributed by atoms with Crippen molar-refractivity contribution >= 4 is 12.2 Å². The number of nitrogens with zero attached hydrogens (tertiary/aromatic N) is 1. The second kappa shape index (κ2) is 3.20. The van der Waals surface area contributed by atoms with Gasteiger partial charge in [-0.2, -0.15) is 0 Å². The van der Waals surface area contributed by atoms with Gasteiger partial charge in [-0.05, 0) is 6.42 Å². The molecule has 1 amide bonds. The predicted molar refractivity (Wildman–Crippen MR) is 38.7 cm³/mol. The lowest BCUT2D eigenvalue weighted by molar-refractivity contribution is -0.118. The Bertz CT molecular complexity index is 147. The molecule has 4 heteroatoms. The van der Waals surface area contributed by atoms with E-state index in [4.69, 9.17) is 5.73 Å². The molecule has 1 aliphatic rings. The first-order valence-corrected chi connectivity index (χ1v) is 3.31. The fraction of sp³-hybridized carbons (Fsp3) is 0.667. The Morgan fingerprint density at radius 2 is 2.70 bits per heavy atom. The Morgan fingerprint density at radius 1 is 1.90 bits per heavy atom. The summed E-state index contributed by atoms with van der Waals surface area (Å²) < 4.78 is 0. The fourth-order valence-electron chi connectivity index (χ4n) is 0.882. The van der Waals surface area contributed by atoms with Gasteiger partial charge in [0.2, 0.25) is 5.91 Å². The van der Waals surface area contributed by atoms with Crippen LogP contribution < -0.4 is 11.1 Å². The Morgan fingerprint density at radius 3 is 3.20 bits per heavy atom. The Hall–Kier alpha value is -1.06. The van der Waals surface area contributed by atoms with Crippen molar-refractivity contribution < 1.29 is 4.79 Å². The molecule has 10 heavy (non-hydrogen) atoms. The van der Waals surface area contributed by atoms with E-state index in [2.05, 4.69) is 10.3 Å². The molecule has 0 bridgehead atoms. The van der Waals surface area contributed by atoms with E-state index in [0.717, 1.165) is 13.0 Å². The summed E-state index contributed by atoms with van der Waals surface area (Å²) in [6.07, 6.45) is 2.90. The lowest BCUT2D eigenvalue weighted by Gasteiger charge is -2.05. The zero-order valence-electron chi connectivity index (χ0n) is 5.71. The van der Waals surface area contributed by atoms with Crippen molar-refractivity contribution in [1.29, 1.82) is 0 Å². The number of amides is 1. The maximum atomic E-state index is 10.3. The number of nitrogens with one attached hydrogen (secondary N) is 1. The van der Waals surface area contributed by atoms with Crippen LogP contribution in [0.15, 0.2) is 4.99 Å². The van der Waals surface area contributed by atoms with Gasteiger partial charge in [0.1, 0.15) is 0 Å². The van der Waals surface area contributed by atoms with Crippen LogP contribution in [0.25, 0.3) is 0 Å². The van der Waals surface area contributed by atoms with Gasteiger partial charge < -0.3 is 11.1 Å². The molecule has 1 rings (SSSR count). The Balaban J connectivity index is 2.09. The van der Waals surface area contributed by atoms with Crippen molar-refractivity contribution in [3.8, 4) is 0 Å². The molecule has 3 N–H and O–H groups in total. The van der Waals surface area contributed by atoms with E-state index in [1.807, 2.05) is 0 Å². The van der Waals surface area contributed by atoms with Crippen LogP contribution in [0, 0.1) is 0 Å². The van der Waals surface area contributed by atoms with Gasteiger partial charge in [0.25, 0.3) is 0 Å². The van der Waals surface area contributed by atoms with Gasteiger partial charge in [-0.25, -0.2) is 0 Å². The molecule has 0 aromatic heterocycles. The summed E-state index contributed by atoms with van der Waals surface area (Å²) in [5.74, 6) is -0.242. The summed E-state index contributed by atoms with van der Waals surface area (Å²) in [5, 5.41) is 3.01. The lowest BCUT2D eigenvalue weighted by Crippen LogP contribution is -2.26. The summed E-state index contributed by atoms with van der Waals surface area (Å²) in [5.41, 5.74) is 4.96. The SMILES string of the molecule is NC(=O)CCC1CN=CN1. The molecule has 0 saturated heterocycles. The molecule has 0 saturated carbocycles. The number of carbonyl (C=O) groups is 1. The summed E-state index contributed by atoms with van der Waals surface area (Å²) >= 11 is 0. The number of rotatable bonds is 3. The molecule has 1 heterocycles. The number of nitrogens with two attached hydrogens (primary N) is 1. The van der Waals surface area contributed by atoms with Crippen LogP contribution in [0.4, 0.5) is 0 Å². The summed E-state index contributed by atoms with van der Waals surface area (Å²) in [6.45, 7) is 0.771. The summed E-state index contributed by atoms with van der Waals surface area (Å²) in [7, 11) is 0. The molecular weight excluding hydrogens is 130 g/mol. The van der Waals surface area contributed by atoms with Gasteiger partial charge in [0.05, 0.1) is 12.9 Å². The number of carbonyl (C=O) groups excluding carboxylic acids is 1. The van der Waals surface area contributed by atoms with Gasteiger partial charge in [-0.15, -0.1) is 0 Å². The highest BCUT2D eigenvalue weighted by Gasteiger charge is 2.10. The minimum Gasteiger partial charge on any atom is -0.372 e. The van der Waals surface area contributed by atoms with Crippen molar-refractivity contribution in [2.24, 2.45) is 10.7 Å². The van der Waals surface area contributed by atoms with E-state index in [9.17, 15) is 4.79 Å². The van der Waals surface area contributed by atoms with Gasteiger partial charge in [-0.1, -0.05) is 0 Å². The highest BCUT2D eigenvalue weighted by molar-refractivity contribution is 5.73. The van der Waals surface area contributed by atoms with E-state index in [0.29, 0.717) is 12.5 Å². The molecule has 1 aliphatic heterocycles. The van der Waals surface area contributed by atoms with Crippen molar-refractivity contribution in [1.82, 2.24) is 5.32 Å². The van der Waals surface area contributed by atoms with E-state index in [1.165, 1.54) is 0 Å². The molecule has 0 radical (unpaired) electrons. The highest BCUT2D eigenvalue weighted by atomic mass is 16.1. The number of hydrogen-bond acceptors (Lipinski definition) is 3. The van der Waals surface area contributed by atoms with E-state index in [-0.39, 0.29) is 5.91 Å². The topological polar surface area (TPSA) is 67.5 Å². The normalized spacial score (nSPS) is 22.6. The van der Waals surface area contributed by atoms with Gasteiger partial charge >= 0.3 is 0 Å². The van der Waals surface area contributed by atoms with E-state index >= 15 is 0 Å². The first kappa shape index (κ1) is 7.05. The van der Waals surface area contributed by atoms with Crippen LogP contribution in [0.2, 0.25) is 0 Å². The van der Waals surface area contributed by atoms with Crippen molar-refractivity contribution in [2.75, 3.05) is 6.54 Å². The molecule has 56 valence electrons. The van der Waals surface area contributed by atoms with E-state index < -0.39 is 0 Å².